The van der Waals surface area contributed by atoms with Crippen LogP contribution in [0, 0.1) is 0 Å². The van der Waals surface area contributed by atoms with Gasteiger partial charge in [0.05, 0.1) is 18.9 Å². The van der Waals surface area contributed by atoms with Gasteiger partial charge in [-0.15, -0.1) is 0 Å². The highest BCUT2D eigenvalue weighted by Crippen LogP contribution is 2.30. The maximum absolute atomic E-state index is 12.6. The van der Waals surface area contributed by atoms with Gasteiger partial charge in [0, 0.05) is 78.6 Å². The zero-order valence-corrected chi connectivity index (χ0v) is 19.3. The van der Waals surface area contributed by atoms with Crippen LogP contribution in [0.2, 0.25) is 0 Å². The van der Waals surface area contributed by atoms with Crippen LogP contribution in [-0.4, -0.2) is 66.5 Å². The molecule has 1 aliphatic heterocycles. The summed E-state index contributed by atoms with van der Waals surface area (Å²) in [6.07, 6.45) is 11.5. The van der Waals surface area contributed by atoms with E-state index in [1.165, 1.54) is 5.56 Å². The third kappa shape index (κ3) is 4.45. The molecule has 0 atom stereocenters. The number of hydrogen-bond acceptors (Lipinski definition) is 5. The quantitative estimate of drug-likeness (QED) is 0.401. The fraction of sp³-hybridized carbons (Fsp3) is 0.231. The Morgan fingerprint density at radius 1 is 0.914 bits per heavy atom. The lowest BCUT2D eigenvalue weighted by atomic mass is 10.1. The van der Waals surface area contributed by atoms with Gasteiger partial charge < -0.3 is 15.2 Å². The molecule has 0 radical (unpaired) electrons. The van der Waals surface area contributed by atoms with Gasteiger partial charge in [0.25, 0.3) is 0 Å². The van der Waals surface area contributed by atoms with Crippen molar-refractivity contribution < 1.29 is 4.79 Å². The summed E-state index contributed by atoms with van der Waals surface area (Å²) in [5, 5.41) is 13.3. The predicted molar refractivity (Wildman–Crippen MR) is 134 cm³/mol. The lowest BCUT2D eigenvalue weighted by molar-refractivity contribution is -0.132. The van der Waals surface area contributed by atoms with Crippen LogP contribution in [0.25, 0.3) is 33.3 Å². The van der Waals surface area contributed by atoms with E-state index in [1.807, 2.05) is 52.6 Å². The average Bonchev–Trinajstić information content (AvgIpc) is 3.65. The van der Waals surface area contributed by atoms with E-state index in [1.54, 1.807) is 10.9 Å². The van der Waals surface area contributed by atoms with Gasteiger partial charge in [-0.05, 0) is 11.6 Å². The van der Waals surface area contributed by atoms with Crippen molar-refractivity contribution in [1.82, 2.24) is 39.7 Å². The molecule has 2 N–H and O–H groups in total. The summed E-state index contributed by atoms with van der Waals surface area (Å²) in [7, 11) is 0. The Hall–Kier alpha value is -4.24. The summed E-state index contributed by atoms with van der Waals surface area (Å²) in [4.78, 5) is 22.4. The smallest absolute Gasteiger partial charge is 0.244 e. The molecule has 4 aromatic heterocycles. The molecule has 5 aromatic rings. The molecule has 176 valence electrons. The second kappa shape index (κ2) is 9.19. The minimum Gasteiger partial charge on any atom is -0.346 e. The van der Waals surface area contributed by atoms with Gasteiger partial charge in [-0.3, -0.25) is 14.2 Å². The van der Waals surface area contributed by atoms with E-state index in [-0.39, 0.29) is 12.5 Å². The van der Waals surface area contributed by atoms with Gasteiger partial charge in [-0.2, -0.15) is 10.2 Å². The number of piperazine rings is 1. The number of nitrogens with zero attached hydrogens (tertiary/aromatic N) is 6. The van der Waals surface area contributed by atoms with Crippen LogP contribution in [-0.2, 0) is 17.9 Å². The number of fused-ring (bicyclic) bond motifs is 1. The van der Waals surface area contributed by atoms with E-state index in [9.17, 15) is 4.79 Å². The van der Waals surface area contributed by atoms with Crippen LogP contribution in [0.4, 0.5) is 0 Å². The number of aromatic nitrogens is 6. The summed E-state index contributed by atoms with van der Waals surface area (Å²) in [6, 6.07) is 12.4. The number of pyridine rings is 1. The summed E-state index contributed by atoms with van der Waals surface area (Å²) in [6.45, 7) is 4.12. The van der Waals surface area contributed by atoms with Gasteiger partial charge in [0.1, 0.15) is 12.2 Å². The Balaban J connectivity index is 1.23. The first-order valence-corrected chi connectivity index (χ1v) is 11.8. The molecule has 1 saturated heterocycles. The molecule has 9 nitrogen and oxygen atoms in total. The summed E-state index contributed by atoms with van der Waals surface area (Å²) in [5.74, 6) is 0.0927. The third-order valence-corrected chi connectivity index (χ3v) is 6.40. The normalized spacial score (nSPS) is 14.0. The van der Waals surface area contributed by atoms with Crippen LogP contribution in [0.3, 0.4) is 0 Å². The number of hydrogen-bond donors (Lipinski definition) is 2. The highest BCUT2D eigenvalue weighted by molar-refractivity contribution is 5.95. The maximum Gasteiger partial charge on any atom is 0.244 e. The minimum absolute atomic E-state index is 0.0927. The van der Waals surface area contributed by atoms with Crippen LogP contribution in [0.15, 0.2) is 73.6 Å². The highest BCUT2D eigenvalue weighted by Gasteiger charge is 2.17. The standard InChI is InChI=1S/C26H26N8O/c35-25(32-8-6-27-7-9-32)18-34-16-21(12-30-34)20-10-23-24(14-29-26(23)28-11-20)22-13-31-33(17-22)15-19-4-2-1-3-5-19/h1-5,10-14,16-17,27H,6-9,15,18H2,(H,28,29). The van der Waals surface area contributed by atoms with Gasteiger partial charge in [0.2, 0.25) is 5.91 Å². The molecule has 0 aliphatic carbocycles. The van der Waals surface area contributed by atoms with Gasteiger partial charge in [-0.1, -0.05) is 30.3 Å². The zero-order valence-electron chi connectivity index (χ0n) is 19.3. The monoisotopic (exact) mass is 466 g/mol. The molecular weight excluding hydrogens is 440 g/mol. The first-order valence-electron chi connectivity index (χ1n) is 11.8. The average molecular weight is 467 g/mol. The highest BCUT2D eigenvalue weighted by atomic mass is 16.2. The number of nitrogens with one attached hydrogen (secondary N) is 2. The van der Waals surface area contributed by atoms with Crippen LogP contribution < -0.4 is 5.32 Å². The predicted octanol–water partition coefficient (Wildman–Crippen LogP) is 2.77. The lowest BCUT2D eigenvalue weighted by Gasteiger charge is -2.27. The van der Waals surface area contributed by atoms with E-state index in [0.29, 0.717) is 0 Å². The van der Waals surface area contributed by atoms with Gasteiger partial charge in [-0.25, -0.2) is 4.98 Å². The van der Waals surface area contributed by atoms with Crippen LogP contribution in [0.1, 0.15) is 5.56 Å². The molecule has 0 spiro atoms. The Morgan fingerprint density at radius 2 is 1.69 bits per heavy atom. The van der Waals surface area contributed by atoms with E-state index >= 15 is 0 Å². The molecule has 0 saturated carbocycles. The lowest BCUT2D eigenvalue weighted by Crippen LogP contribution is -2.47. The first-order chi connectivity index (χ1) is 17.2. The SMILES string of the molecule is O=C(Cn1cc(-c2cnc3[nH]cc(-c4cnn(Cc5ccccc5)c4)c3c2)cn1)N1CCNCC1. The topological polar surface area (TPSA) is 96.7 Å². The summed E-state index contributed by atoms with van der Waals surface area (Å²) in [5.41, 5.74) is 5.99. The van der Waals surface area contributed by atoms with Gasteiger partial charge in [0.15, 0.2) is 0 Å². The fourth-order valence-corrected chi connectivity index (χ4v) is 4.51. The van der Waals surface area contributed by atoms with E-state index in [2.05, 4.69) is 49.9 Å². The van der Waals surface area contributed by atoms with Crippen LogP contribution >= 0.6 is 0 Å². The zero-order chi connectivity index (χ0) is 23.6. The number of carbonyl (C=O) groups excluding carboxylic acids is 1. The van der Waals surface area contributed by atoms with Crippen molar-refractivity contribution in [2.75, 3.05) is 26.2 Å². The second-order valence-electron chi connectivity index (χ2n) is 8.79. The Kier molecular flexibility index (Phi) is 5.59. The number of carbonyl (C=O) groups is 1. The molecule has 0 bridgehead atoms. The second-order valence-corrected chi connectivity index (χ2v) is 8.79. The molecule has 0 unspecified atom stereocenters. The number of benzene rings is 1. The van der Waals surface area contributed by atoms with Crippen molar-refractivity contribution in [3.63, 3.8) is 0 Å². The Labute approximate surface area is 202 Å². The molecule has 1 aromatic carbocycles. The molecule has 1 aliphatic rings. The fourth-order valence-electron chi connectivity index (χ4n) is 4.51. The molecule has 9 heteroatoms. The Bertz CT molecular complexity index is 1460. The number of aromatic amines is 1. The van der Waals surface area contributed by atoms with E-state index < -0.39 is 0 Å². The molecule has 5 heterocycles. The molecule has 1 fully saturated rings. The molecule has 1 amide bonds. The first kappa shape index (κ1) is 21.3. The van der Waals surface area contributed by atoms with Gasteiger partial charge >= 0.3 is 0 Å². The third-order valence-electron chi connectivity index (χ3n) is 6.40. The minimum atomic E-state index is 0.0927. The van der Waals surface area contributed by atoms with E-state index in [4.69, 9.17) is 0 Å². The number of rotatable bonds is 6. The Morgan fingerprint density at radius 3 is 2.54 bits per heavy atom. The van der Waals surface area contributed by atoms with Crippen molar-refractivity contribution in [2.45, 2.75) is 13.1 Å². The summed E-state index contributed by atoms with van der Waals surface area (Å²) < 4.78 is 3.65. The largest absolute Gasteiger partial charge is 0.346 e. The molecule has 6 rings (SSSR count). The van der Waals surface area contributed by atoms with Crippen LogP contribution in [0.5, 0.6) is 0 Å². The number of amides is 1. The van der Waals surface area contributed by atoms with E-state index in [0.717, 1.165) is 66.0 Å². The maximum atomic E-state index is 12.6. The van der Waals surface area contributed by atoms with Crippen molar-refractivity contribution in [3.8, 4) is 22.3 Å². The summed E-state index contributed by atoms with van der Waals surface area (Å²) >= 11 is 0. The van der Waals surface area contributed by atoms with Crippen molar-refractivity contribution in [3.05, 3.63) is 79.1 Å². The number of H-pyrrole nitrogens is 1. The van der Waals surface area contributed by atoms with Crippen molar-refractivity contribution >= 4 is 16.9 Å². The molecular formula is C26H26N8O. The molecule has 35 heavy (non-hydrogen) atoms. The van der Waals surface area contributed by atoms with Crippen molar-refractivity contribution in [2.24, 2.45) is 0 Å². The van der Waals surface area contributed by atoms with Crippen molar-refractivity contribution in [1.29, 1.82) is 0 Å².